The molecule has 132 valence electrons. The van der Waals surface area contributed by atoms with Crippen molar-refractivity contribution in [3.63, 3.8) is 0 Å². The van der Waals surface area contributed by atoms with Gasteiger partial charge in [-0.1, -0.05) is 19.8 Å². The number of nitrogens with zero attached hydrogens (tertiary/aromatic N) is 1. The smallest absolute Gasteiger partial charge is 0.394 e. The van der Waals surface area contributed by atoms with Gasteiger partial charge in [0.15, 0.2) is 0 Å². The van der Waals surface area contributed by atoms with Gasteiger partial charge in [-0.2, -0.15) is 13.2 Å². The maximum Gasteiger partial charge on any atom is 0.394 e. The average molecular weight is 337 g/mol. The van der Waals surface area contributed by atoms with E-state index in [-0.39, 0.29) is 6.10 Å². The van der Waals surface area contributed by atoms with E-state index in [0.29, 0.717) is 6.42 Å². The number of halogens is 3. The maximum absolute atomic E-state index is 13.0. The van der Waals surface area contributed by atoms with Gasteiger partial charge in [0.25, 0.3) is 5.91 Å². The van der Waals surface area contributed by atoms with Crippen molar-refractivity contribution < 1.29 is 32.6 Å². The quantitative estimate of drug-likeness (QED) is 0.837. The van der Waals surface area contributed by atoms with Gasteiger partial charge in [0.1, 0.15) is 6.10 Å². The third kappa shape index (κ3) is 4.16. The molecule has 1 saturated heterocycles. The molecule has 0 aromatic carbocycles. The number of carboxylic acids is 1. The van der Waals surface area contributed by atoms with Crippen LogP contribution in [0.15, 0.2) is 0 Å². The highest BCUT2D eigenvalue weighted by molar-refractivity contribution is 5.82. The number of ether oxygens (including phenoxy) is 1. The summed E-state index contributed by atoms with van der Waals surface area (Å²) in [7, 11) is 0. The van der Waals surface area contributed by atoms with Crippen LogP contribution in [0, 0.1) is 11.8 Å². The molecule has 1 unspecified atom stereocenters. The zero-order valence-electron chi connectivity index (χ0n) is 13.0. The minimum absolute atomic E-state index is 0.0276. The van der Waals surface area contributed by atoms with E-state index in [1.165, 1.54) is 0 Å². The van der Waals surface area contributed by atoms with Gasteiger partial charge in [-0.25, -0.2) is 0 Å². The Bertz CT molecular complexity index is 448. The fourth-order valence-electron chi connectivity index (χ4n) is 3.36. The molecule has 1 heterocycles. The molecule has 3 atom stereocenters. The van der Waals surface area contributed by atoms with Gasteiger partial charge in [0.2, 0.25) is 0 Å². The lowest BCUT2D eigenvalue weighted by atomic mass is 9.96. The predicted octanol–water partition coefficient (Wildman–Crippen LogP) is 2.45. The molecule has 0 radical (unpaired) electrons. The van der Waals surface area contributed by atoms with E-state index in [2.05, 4.69) is 0 Å². The average Bonchev–Trinajstić information content (AvgIpc) is 3.12. The molecule has 1 saturated carbocycles. The second kappa shape index (κ2) is 7.07. The molecule has 5 nitrogen and oxygen atoms in total. The number of aliphatic carboxylic acids is 1. The van der Waals surface area contributed by atoms with E-state index >= 15 is 0 Å². The van der Waals surface area contributed by atoms with Crippen molar-refractivity contribution in [3.8, 4) is 0 Å². The lowest BCUT2D eigenvalue weighted by Gasteiger charge is -2.25. The van der Waals surface area contributed by atoms with Crippen molar-refractivity contribution in [2.24, 2.45) is 11.8 Å². The first-order valence-corrected chi connectivity index (χ1v) is 7.97. The van der Waals surface area contributed by atoms with Crippen LogP contribution in [0.3, 0.4) is 0 Å². The summed E-state index contributed by atoms with van der Waals surface area (Å²) in [6.07, 6.45) is -1.34. The standard InChI is InChI=1S/C15H22F3NO4/c1-2-12(23-9-5-3-4-6-9)13(20)19-7-10(14(21)22)11(8-19)15(16,17)18/h9-12H,2-8H2,1H3,(H,21,22)/t10-,11-,12?/m1/s1. The summed E-state index contributed by atoms with van der Waals surface area (Å²) in [5, 5.41) is 9.00. The number of likely N-dealkylation sites (tertiary alicyclic amines) is 1. The lowest BCUT2D eigenvalue weighted by Crippen LogP contribution is -2.41. The molecular formula is C15H22F3NO4. The summed E-state index contributed by atoms with van der Waals surface area (Å²) in [4.78, 5) is 24.5. The summed E-state index contributed by atoms with van der Waals surface area (Å²) in [5.41, 5.74) is 0. The number of carbonyl (C=O) groups is 2. The van der Waals surface area contributed by atoms with Crippen molar-refractivity contribution >= 4 is 11.9 Å². The Morgan fingerprint density at radius 1 is 1.26 bits per heavy atom. The molecule has 2 rings (SSSR count). The van der Waals surface area contributed by atoms with Gasteiger partial charge in [-0.3, -0.25) is 9.59 Å². The minimum Gasteiger partial charge on any atom is -0.481 e. The number of carbonyl (C=O) groups excluding carboxylic acids is 1. The molecule has 2 aliphatic rings. The van der Waals surface area contributed by atoms with Crippen molar-refractivity contribution in [2.75, 3.05) is 13.1 Å². The SMILES string of the molecule is CCC(OC1CCCC1)C(=O)N1C[C@@H](C(F)(F)F)[C@H](C(=O)O)C1. The fraction of sp³-hybridized carbons (Fsp3) is 0.867. The maximum atomic E-state index is 13.0. The third-order valence-corrected chi connectivity index (χ3v) is 4.67. The van der Waals surface area contributed by atoms with Gasteiger partial charge in [-0.05, 0) is 19.3 Å². The summed E-state index contributed by atoms with van der Waals surface area (Å²) in [6.45, 7) is 0.718. The topological polar surface area (TPSA) is 66.8 Å². The van der Waals surface area contributed by atoms with E-state index in [1.807, 2.05) is 0 Å². The van der Waals surface area contributed by atoms with E-state index < -0.39 is 49.1 Å². The Kier molecular flexibility index (Phi) is 5.54. The van der Waals surface area contributed by atoms with Crippen LogP contribution in [0.5, 0.6) is 0 Å². The molecule has 0 aromatic rings. The highest BCUT2D eigenvalue weighted by atomic mass is 19.4. The Morgan fingerprint density at radius 2 is 1.87 bits per heavy atom. The summed E-state index contributed by atoms with van der Waals surface area (Å²) in [6, 6.07) is 0. The van der Waals surface area contributed by atoms with Gasteiger partial charge >= 0.3 is 12.1 Å². The Balaban J connectivity index is 2.04. The number of amides is 1. The van der Waals surface area contributed by atoms with E-state index in [9.17, 15) is 22.8 Å². The normalized spacial score (nSPS) is 27.4. The molecule has 8 heteroatoms. The van der Waals surface area contributed by atoms with Crippen molar-refractivity contribution in [1.29, 1.82) is 0 Å². The molecule has 1 N–H and O–H groups in total. The van der Waals surface area contributed by atoms with Crippen LogP contribution in [0.1, 0.15) is 39.0 Å². The van der Waals surface area contributed by atoms with Crippen molar-refractivity contribution in [2.45, 2.75) is 57.4 Å². The molecule has 0 bridgehead atoms. The Hall–Kier alpha value is -1.31. The van der Waals surface area contributed by atoms with Gasteiger partial charge < -0.3 is 14.7 Å². The first kappa shape index (κ1) is 18.0. The third-order valence-electron chi connectivity index (χ3n) is 4.67. The van der Waals surface area contributed by atoms with E-state index in [0.717, 1.165) is 30.6 Å². The summed E-state index contributed by atoms with van der Waals surface area (Å²) in [5.74, 6) is -5.68. The molecule has 1 aliphatic carbocycles. The zero-order chi connectivity index (χ0) is 17.2. The molecule has 0 aromatic heterocycles. The number of hydrogen-bond acceptors (Lipinski definition) is 3. The molecule has 1 amide bonds. The summed E-state index contributed by atoms with van der Waals surface area (Å²) >= 11 is 0. The molecule has 0 spiro atoms. The van der Waals surface area contributed by atoms with Crippen molar-refractivity contribution in [1.82, 2.24) is 4.90 Å². The van der Waals surface area contributed by atoms with Crippen LogP contribution >= 0.6 is 0 Å². The van der Waals surface area contributed by atoms with Crippen LogP contribution in [0.25, 0.3) is 0 Å². The van der Waals surface area contributed by atoms with Crippen LogP contribution in [0.2, 0.25) is 0 Å². The van der Waals surface area contributed by atoms with Gasteiger partial charge in [-0.15, -0.1) is 0 Å². The number of carboxylic acid groups (broad SMARTS) is 1. The fourth-order valence-corrected chi connectivity index (χ4v) is 3.36. The molecular weight excluding hydrogens is 315 g/mol. The Morgan fingerprint density at radius 3 is 2.30 bits per heavy atom. The largest absolute Gasteiger partial charge is 0.481 e. The van der Waals surface area contributed by atoms with Crippen LogP contribution in [-0.4, -0.2) is 53.4 Å². The van der Waals surface area contributed by atoms with E-state index in [1.54, 1.807) is 6.92 Å². The van der Waals surface area contributed by atoms with Gasteiger partial charge in [0.05, 0.1) is 17.9 Å². The molecule has 2 fully saturated rings. The monoisotopic (exact) mass is 337 g/mol. The first-order chi connectivity index (χ1) is 10.7. The highest BCUT2D eigenvalue weighted by Gasteiger charge is 2.54. The van der Waals surface area contributed by atoms with E-state index in [4.69, 9.17) is 9.84 Å². The van der Waals surface area contributed by atoms with Crippen LogP contribution in [-0.2, 0) is 14.3 Å². The second-order valence-electron chi connectivity index (χ2n) is 6.28. The first-order valence-electron chi connectivity index (χ1n) is 7.97. The van der Waals surface area contributed by atoms with Crippen molar-refractivity contribution in [3.05, 3.63) is 0 Å². The zero-order valence-corrected chi connectivity index (χ0v) is 13.0. The number of alkyl halides is 3. The predicted molar refractivity (Wildman–Crippen MR) is 74.7 cm³/mol. The summed E-state index contributed by atoms with van der Waals surface area (Å²) < 4.78 is 44.7. The Labute approximate surface area is 132 Å². The number of rotatable bonds is 5. The molecule has 1 aliphatic heterocycles. The number of hydrogen-bond donors (Lipinski definition) is 1. The highest BCUT2D eigenvalue weighted by Crippen LogP contribution is 2.38. The van der Waals surface area contributed by atoms with Crippen LogP contribution < -0.4 is 0 Å². The minimum atomic E-state index is -4.63. The second-order valence-corrected chi connectivity index (χ2v) is 6.28. The lowest BCUT2D eigenvalue weighted by molar-refractivity contribution is -0.188. The van der Waals surface area contributed by atoms with Gasteiger partial charge in [0, 0.05) is 13.1 Å². The van der Waals surface area contributed by atoms with Crippen LogP contribution in [0.4, 0.5) is 13.2 Å². The molecule has 23 heavy (non-hydrogen) atoms.